The second kappa shape index (κ2) is 7.83. The Labute approximate surface area is 149 Å². The Morgan fingerprint density at radius 2 is 1.92 bits per heavy atom. The standard InChI is InChI=1S/C18H29N5O2/c24-18(22-8-3-14(4-9-22)17-19-13-20-21-17)15-2-1-7-23(12-15)16-5-10-25-11-6-16/h13-16H,1-12H2,(H,19,20,21)/t15-/m1/s1. The SMILES string of the molecule is O=C([C@@H]1CCCN(C2CCOCC2)C1)N1CCC(c2ncn[nH]2)CC1. The number of ether oxygens (including phenoxy) is 1. The van der Waals surface area contributed by atoms with E-state index in [4.69, 9.17) is 4.74 Å². The molecule has 3 fully saturated rings. The number of rotatable bonds is 3. The van der Waals surface area contributed by atoms with Gasteiger partial charge in [-0.05, 0) is 45.1 Å². The lowest BCUT2D eigenvalue weighted by atomic mass is 9.91. The topological polar surface area (TPSA) is 74.3 Å². The van der Waals surface area contributed by atoms with Crippen molar-refractivity contribution in [3.05, 3.63) is 12.2 Å². The molecule has 1 N–H and O–H groups in total. The summed E-state index contributed by atoms with van der Waals surface area (Å²) in [5.41, 5.74) is 0. The van der Waals surface area contributed by atoms with E-state index >= 15 is 0 Å². The third-order valence-electron chi connectivity index (χ3n) is 6.14. The molecular weight excluding hydrogens is 318 g/mol. The van der Waals surface area contributed by atoms with E-state index in [0.29, 0.717) is 17.9 Å². The van der Waals surface area contributed by atoms with Crippen molar-refractivity contribution in [2.75, 3.05) is 39.4 Å². The molecule has 0 radical (unpaired) electrons. The Morgan fingerprint density at radius 1 is 1.12 bits per heavy atom. The molecule has 0 spiro atoms. The van der Waals surface area contributed by atoms with Crippen molar-refractivity contribution in [3.8, 4) is 0 Å². The van der Waals surface area contributed by atoms with Crippen molar-refractivity contribution in [1.29, 1.82) is 0 Å². The molecule has 1 amide bonds. The van der Waals surface area contributed by atoms with Crippen LogP contribution in [0.3, 0.4) is 0 Å². The summed E-state index contributed by atoms with van der Waals surface area (Å²) in [6, 6.07) is 0.613. The molecule has 0 aliphatic carbocycles. The number of amides is 1. The molecule has 0 aromatic carbocycles. The van der Waals surface area contributed by atoms with Crippen LogP contribution in [0.5, 0.6) is 0 Å². The molecule has 7 heteroatoms. The van der Waals surface area contributed by atoms with E-state index in [2.05, 4.69) is 25.0 Å². The van der Waals surface area contributed by atoms with Crippen molar-refractivity contribution in [1.82, 2.24) is 25.0 Å². The smallest absolute Gasteiger partial charge is 0.226 e. The van der Waals surface area contributed by atoms with Crippen molar-refractivity contribution in [2.24, 2.45) is 5.92 Å². The van der Waals surface area contributed by atoms with E-state index in [1.165, 1.54) is 0 Å². The van der Waals surface area contributed by atoms with Gasteiger partial charge in [-0.3, -0.25) is 14.8 Å². The van der Waals surface area contributed by atoms with Crippen LogP contribution < -0.4 is 0 Å². The zero-order valence-electron chi connectivity index (χ0n) is 14.9. The van der Waals surface area contributed by atoms with Gasteiger partial charge in [0.2, 0.25) is 5.91 Å². The molecule has 25 heavy (non-hydrogen) atoms. The molecule has 1 aromatic heterocycles. The summed E-state index contributed by atoms with van der Waals surface area (Å²) in [5.74, 6) is 1.93. The average Bonchev–Trinajstić information content (AvgIpc) is 3.23. The highest BCUT2D eigenvalue weighted by Gasteiger charge is 2.34. The lowest BCUT2D eigenvalue weighted by Gasteiger charge is -2.41. The van der Waals surface area contributed by atoms with Crippen LogP contribution in [0.25, 0.3) is 0 Å². The fourth-order valence-electron chi connectivity index (χ4n) is 4.63. The summed E-state index contributed by atoms with van der Waals surface area (Å²) < 4.78 is 5.49. The quantitative estimate of drug-likeness (QED) is 0.895. The number of aromatic amines is 1. The molecule has 0 unspecified atom stereocenters. The molecule has 3 aliphatic heterocycles. The third kappa shape index (κ3) is 3.87. The Bertz CT molecular complexity index is 550. The van der Waals surface area contributed by atoms with Gasteiger partial charge < -0.3 is 9.64 Å². The number of hydrogen-bond acceptors (Lipinski definition) is 5. The number of carbonyl (C=O) groups is 1. The van der Waals surface area contributed by atoms with Crippen LogP contribution in [0.2, 0.25) is 0 Å². The van der Waals surface area contributed by atoms with Gasteiger partial charge in [-0.1, -0.05) is 0 Å². The average molecular weight is 347 g/mol. The maximum absolute atomic E-state index is 13.0. The van der Waals surface area contributed by atoms with Gasteiger partial charge in [0, 0.05) is 44.8 Å². The van der Waals surface area contributed by atoms with Crippen molar-refractivity contribution < 1.29 is 9.53 Å². The van der Waals surface area contributed by atoms with Crippen molar-refractivity contribution >= 4 is 5.91 Å². The number of nitrogens with one attached hydrogen (secondary N) is 1. The summed E-state index contributed by atoms with van der Waals surface area (Å²) in [6.07, 6.45) is 7.95. The van der Waals surface area contributed by atoms with Crippen LogP contribution in [0, 0.1) is 5.92 Å². The second-order valence-corrected chi connectivity index (χ2v) is 7.65. The summed E-state index contributed by atoms with van der Waals surface area (Å²) in [7, 11) is 0. The second-order valence-electron chi connectivity index (χ2n) is 7.65. The number of hydrogen-bond donors (Lipinski definition) is 1. The first-order valence-corrected chi connectivity index (χ1v) is 9.77. The molecule has 1 aromatic rings. The van der Waals surface area contributed by atoms with Gasteiger partial charge in [-0.15, -0.1) is 0 Å². The first kappa shape index (κ1) is 17.0. The fraction of sp³-hybridized carbons (Fsp3) is 0.833. The molecule has 3 aliphatic rings. The monoisotopic (exact) mass is 347 g/mol. The van der Waals surface area contributed by atoms with E-state index < -0.39 is 0 Å². The molecule has 0 bridgehead atoms. The van der Waals surface area contributed by atoms with Crippen LogP contribution >= 0.6 is 0 Å². The van der Waals surface area contributed by atoms with E-state index in [-0.39, 0.29) is 5.92 Å². The lowest BCUT2D eigenvalue weighted by Crippen LogP contribution is -2.50. The molecule has 4 rings (SSSR count). The highest BCUT2D eigenvalue weighted by molar-refractivity contribution is 5.79. The molecular formula is C18H29N5O2. The van der Waals surface area contributed by atoms with Crippen LogP contribution in [0.15, 0.2) is 6.33 Å². The van der Waals surface area contributed by atoms with Gasteiger partial charge in [-0.2, -0.15) is 5.10 Å². The molecule has 138 valence electrons. The zero-order chi connectivity index (χ0) is 17.1. The molecule has 7 nitrogen and oxygen atoms in total. The number of piperidine rings is 2. The lowest BCUT2D eigenvalue weighted by molar-refractivity contribution is -0.139. The fourth-order valence-corrected chi connectivity index (χ4v) is 4.63. The third-order valence-corrected chi connectivity index (χ3v) is 6.14. The maximum Gasteiger partial charge on any atom is 0.226 e. The van der Waals surface area contributed by atoms with Gasteiger partial charge in [-0.25, -0.2) is 4.98 Å². The number of carbonyl (C=O) groups excluding carboxylic acids is 1. The predicted molar refractivity (Wildman–Crippen MR) is 93.1 cm³/mol. The van der Waals surface area contributed by atoms with Crippen molar-refractivity contribution in [3.63, 3.8) is 0 Å². The minimum Gasteiger partial charge on any atom is -0.381 e. The Morgan fingerprint density at radius 3 is 2.64 bits per heavy atom. The number of likely N-dealkylation sites (tertiary alicyclic amines) is 2. The Balaban J connectivity index is 1.30. The van der Waals surface area contributed by atoms with Crippen LogP contribution in [0.4, 0.5) is 0 Å². The summed E-state index contributed by atoms with van der Waals surface area (Å²) >= 11 is 0. The minimum atomic E-state index is 0.179. The number of aromatic nitrogens is 3. The minimum absolute atomic E-state index is 0.179. The van der Waals surface area contributed by atoms with E-state index in [0.717, 1.165) is 83.7 Å². The van der Waals surface area contributed by atoms with Gasteiger partial charge >= 0.3 is 0 Å². The molecule has 4 heterocycles. The highest BCUT2D eigenvalue weighted by Crippen LogP contribution is 2.28. The summed E-state index contributed by atoms with van der Waals surface area (Å²) in [6.45, 7) is 5.51. The van der Waals surface area contributed by atoms with Gasteiger partial charge in [0.1, 0.15) is 12.2 Å². The molecule has 1 atom stereocenters. The number of nitrogens with zero attached hydrogens (tertiary/aromatic N) is 4. The summed E-state index contributed by atoms with van der Waals surface area (Å²) in [4.78, 5) is 21.9. The number of H-pyrrole nitrogens is 1. The van der Waals surface area contributed by atoms with Gasteiger partial charge in [0.15, 0.2) is 0 Å². The van der Waals surface area contributed by atoms with E-state index in [1.807, 2.05) is 0 Å². The largest absolute Gasteiger partial charge is 0.381 e. The zero-order valence-corrected chi connectivity index (χ0v) is 14.9. The van der Waals surface area contributed by atoms with E-state index in [1.54, 1.807) is 6.33 Å². The molecule has 0 saturated carbocycles. The normalized spacial score (nSPS) is 27.5. The van der Waals surface area contributed by atoms with Gasteiger partial charge in [0.25, 0.3) is 0 Å². The van der Waals surface area contributed by atoms with Crippen molar-refractivity contribution in [2.45, 2.75) is 50.5 Å². The highest BCUT2D eigenvalue weighted by atomic mass is 16.5. The van der Waals surface area contributed by atoms with Crippen LogP contribution in [-0.4, -0.2) is 76.3 Å². The first-order chi connectivity index (χ1) is 12.3. The van der Waals surface area contributed by atoms with E-state index in [9.17, 15) is 4.79 Å². The Kier molecular flexibility index (Phi) is 5.31. The summed E-state index contributed by atoms with van der Waals surface area (Å²) in [5, 5.41) is 6.92. The first-order valence-electron chi connectivity index (χ1n) is 9.77. The van der Waals surface area contributed by atoms with Gasteiger partial charge in [0.05, 0.1) is 5.92 Å². The van der Waals surface area contributed by atoms with Crippen LogP contribution in [-0.2, 0) is 9.53 Å². The Hall–Kier alpha value is -1.47. The predicted octanol–water partition coefficient (Wildman–Crippen LogP) is 1.40. The maximum atomic E-state index is 13.0. The van der Waals surface area contributed by atoms with Crippen LogP contribution in [0.1, 0.15) is 50.3 Å². The molecule has 3 saturated heterocycles.